The number of aliphatic hydroxyl groups excluding tert-OH is 1. The molecule has 26 heavy (non-hydrogen) atoms. The van der Waals surface area contributed by atoms with Crippen molar-refractivity contribution in [3.8, 4) is 0 Å². The molecule has 0 radical (unpaired) electrons. The lowest BCUT2D eigenvalue weighted by atomic mass is 9.82. The Kier molecular flexibility index (Phi) is 8.67. The van der Waals surface area contributed by atoms with Crippen LogP contribution in [0.15, 0.2) is 35.3 Å². The molecule has 1 aliphatic carbocycles. The second-order valence-corrected chi connectivity index (χ2v) is 7.68. The first kappa shape index (κ1) is 21.5. The fraction of sp³-hybridized carbons (Fsp3) is 0.667. The summed E-state index contributed by atoms with van der Waals surface area (Å²) in [7, 11) is 0. The Morgan fingerprint density at radius 3 is 2.62 bits per heavy atom. The minimum Gasteiger partial charge on any atom is -0.393 e. The molecular weight excluding hydrogens is 437 g/mol. The number of piperidine rings is 1. The first-order chi connectivity index (χ1) is 12.2. The summed E-state index contributed by atoms with van der Waals surface area (Å²) in [6.45, 7) is 8.20. The van der Waals surface area contributed by atoms with E-state index in [1.54, 1.807) is 0 Å². The van der Waals surface area contributed by atoms with Crippen LogP contribution in [0.3, 0.4) is 0 Å². The maximum absolute atomic E-state index is 10.0. The van der Waals surface area contributed by atoms with Gasteiger partial charge in [-0.1, -0.05) is 43.7 Å². The second-order valence-electron chi connectivity index (χ2n) is 7.68. The largest absolute Gasteiger partial charge is 0.393 e. The maximum atomic E-state index is 10.0. The number of hydrogen-bond donors (Lipinski definition) is 2. The molecule has 2 N–H and O–H groups in total. The van der Waals surface area contributed by atoms with E-state index in [9.17, 15) is 5.11 Å². The lowest BCUT2D eigenvalue weighted by Crippen LogP contribution is -2.48. The first-order valence-corrected chi connectivity index (χ1v) is 9.95. The van der Waals surface area contributed by atoms with Gasteiger partial charge in [-0.25, -0.2) is 0 Å². The highest BCUT2D eigenvalue weighted by atomic mass is 127. The first-order valence-electron chi connectivity index (χ1n) is 9.95. The molecule has 4 atom stereocenters. The van der Waals surface area contributed by atoms with Gasteiger partial charge in [-0.05, 0) is 43.6 Å². The number of benzene rings is 1. The van der Waals surface area contributed by atoms with E-state index in [0.29, 0.717) is 17.8 Å². The number of nitrogens with zero attached hydrogens (tertiary/aromatic N) is 2. The predicted octanol–water partition coefficient (Wildman–Crippen LogP) is 3.86. The molecule has 4 nitrogen and oxygen atoms in total. The molecule has 146 valence electrons. The second kappa shape index (κ2) is 10.5. The molecule has 0 amide bonds. The summed E-state index contributed by atoms with van der Waals surface area (Å²) in [4.78, 5) is 7.28. The van der Waals surface area contributed by atoms with Crippen molar-refractivity contribution in [3.63, 3.8) is 0 Å². The van der Waals surface area contributed by atoms with Gasteiger partial charge >= 0.3 is 0 Å². The number of hydrogen-bond acceptors (Lipinski definition) is 2. The highest BCUT2D eigenvalue weighted by Crippen LogP contribution is 2.32. The Morgan fingerprint density at radius 1 is 1.23 bits per heavy atom. The van der Waals surface area contributed by atoms with Crippen molar-refractivity contribution in [2.24, 2.45) is 16.8 Å². The minimum absolute atomic E-state index is 0. The van der Waals surface area contributed by atoms with E-state index in [2.05, 4.69) is 54.4 Å². The van der Waals surface area contributed by atoms with Crippen molar-refractivity contribution in [2.45, 2.75) is 51.6 Å². The summed E-state index contributed by atoms with van der Waals surface area (Å²) >= 11 is 0. The molecule has 5 heteroatoms. The van der Waals surface area contributed by atoms with Gasteiger partial charge in [0.2, 0.25) is 0 Å². The summed E-state index contributed by atoms with van der Waals surface area (Å²) in [5.74, 6) is 2.61. The molecule has 0 bridgehead atoms. The van der Waals surface area contributed by atoms with Gasteiger partial charge in [0.05, 0.1) is 6.10 Å². The fourth-order valence-electron chi connectivity index (χ4n) is 4.39. The molecule has 3 rings (SSSR count). The van der Waals surface area contributed by atoms with Crippen molar-refractivity contribution in [2.75, 3.05) is 26.2 Å². The molecule has 0 spiro atoms. The zero-order valence-electron chi connectivity index (χ0n) is 16.1. The van der Waals surface area contributed by atoms with Crippen molar-refractivity contribution in [1.82, 2.24) is 10.2 Å². The van der Waals surface area contributed by atoms with Gasteiger partial charge in [0.15, 0.2) is 5.96 Å². The van der Waals surface area contributed by atoms with E-state index in [1.165, 1.54) is 12.0 Å². The topological polar surface area (TPSA) is 47.9 Å². The lowest BCUT2D eigenvalue weighted by molar-refractivity contribution is 0.136. The molecule has 1 aromatic carbocycles. The van der Waals surface area contributed by atoms with Gasteiger partial charge in [-0.15, -0.1) is 24.0 Å². The lowest BCUT2D eigenvalue weighted by Gasteiger charge is -2.39. The smallest absolute Gasteiger partial charge is 0.193 e. The normalized spacial score (nSPS) is 29.3. The molecule has 1 saturated carbocycles. The summed E-state index contributed by atoms with van der Waals surface area (Å²) in [6.07, 6.45) is 4.20. The molecule has 1 aliphatic heterocycles. The minimum atomic E-state index is -0.158. The quantitative estimate of drug-likeness (QED) is 0.399. The van der Waals surface area contributed by atoms with Crippen LogP contribution >= 0.6 is 24.0 Å². The third-order valence-electron chi connectivity index (χ3n) is 5.86. The zero-order valence-corrected chi connectivity index (χ0v) is 18.4. The van der Waals surface area contributed by atoms with E-state index in [1.807, 2.05) is 0 Å². The van der Waals surface area contributed by atoms with Crippen LogP contribution in [0.25, 0.3) is 0 Å². The highest BCUT2D eigenvalue weighted by Gasteiger charge is 2.29. The van der Waals surface area contributed by atoms with Crippen LogP contribution in [0, 0.1) is 11.8 Å². The van der Waals surface area contributed by atoms with Crippen LogP contribution in [0.2, 0.25) is 0 Å². The summed E-state index contributed by atoms with van der Waals surface area (Å²) < 4.78 is 0. The average molecular weight is 471 g/mol. The standard InChI is InChI=1S/C21H33N3O.HI/c1-3-22-21(23-14-18-10-7-11-20(18)25)24-13-12-19(16(2)15-24)17-8-5-4-6-9-17;/h4-6,8-9,16,18-20,25H,3,7,10-15H2,1-2H3,(H,22,23);1H. The number of guanidine groups is 1. The molecule has 1 aromatic rings. The van der Waals surface area contributed by atoms with Crippen molar-refractivity contribution in [3.05, 3.63) is 35.9 Å². The SMILES string of the molecule is CCNC(=NCC1CCCC1O)N1CCC(c2ccccc2)C(C)C1.I. The van der Waals surface area contributed by atoms with Gasteiger partial charge in [0.1, 0.15) is 0 Å². The molecule has 2 aliphatic rings. The van der Waals surface area contributed by atoms with E-state index in [4.69, 9.17) is 4.99 Å². The third-order valence-corrected chi connectivity index (χ3v) is 5.86. The van der Waals surface area contributed by atoms with Crippen LogP contribution in [-0.4, -0.2) is 48.2 Å². The molecule has 2 fully saturated rings. The van der Waals surface area contributed by atoms with Gasteiger partial charge in [-0.2, -0.15) is 0 Å². The monoisotopic (exact) mass is 471 g/mol. The molecule has 1 heterocycles. The van der Waals surface area contributed by atoms with Crippen LogP contribution in [0.5, 0.6) is 0 Å². The Bertz CT molecular complexity index is 566. The number of aliphatic imine (C=N–C) groups is 1. The number of aliphatic hydroxyl groups is 1. The van der Waals surface area contributed by atoms with Crippen LogP contribution in [-0.2, 0) is 0 Å². The number of likely N-dealkylation sites (tertiary alicyclic amines) is 1. The van der Waals surface area contributed by atoms with E-state index in [0.717, 1.165) is 51.4 Å². The van der Waals surface area contributed by atoms with Gasteiger partial charge in [0.25, 0.3) is 0 Å². The maximum Gasteiger partial charge on any atom is 0.193 e. The molecule has 4 unspecified atom stereocenters. The van der Waals surface area contributed by atoms with Crippen LogP contribution in [0.4, 0.5) is 0 Å². The van der Waals surface area contributed by atoms with Gasteiger partial charge in [-0.3, -0.25) is 4.99 Å². The number of nitrogens with one attached hydrogen (secondary N) is 1. The Balaban J connectivity index is 0.00000243. The summed E-state index contributed by atoms with van der Waals surface area (Å²) in [6, 6.07) is 10.9. The Hall–Kier alpha value is -0.820. The predicted molar refractivity (Wildman–Crippen MR) is 119 cm³/mol. The fourth-order valence-corrected chi connectivity index (χ4v) is 4.39. The van der Waals surface area contributed by atoms with Crippen molar-refractivity contribution in [1.29, 1.82) is 0 Å². The van der Waals surface area contributed by atoms with Crippen LogP contribution in [0.1, 0.15) is 51.0 Å². The van der Waals surface area contributed by atoms with Gasteiger partial charge in [0, 0.05) is 32.1 Å². The zero-order chi connectivity index (χ0) is 17.6. The van der Waals surface area contributed by atoms with Gasteiger partial charge < -0.3 is 15.3 Å². The van der Waals surface area contributed by atoms with E-state index >= 15 is 0 Å². The van der Waals surface area contributed by atoms with E-state index in [-0.39, 0.29) is 30.1 Å². The van der Waals surface area contributed by atoms with Crippen molar-refractivity contribution < 1.29 is 5.11 Å². The average Bonchev–Trinajstić information content (AvgIpc) is 3.04. The highest BCUT2D eigenvalue weighted by molar-refractivity contribution is 14.0. The number of rotatable bonds is 4. The summed E-state index contributed by atoms with van der Waals surface area (Å²) in [5, 5.41) is 13.5. The van der Waals surface area contributed by atoms with Crippen molar-refractivity contribution >= 4 is 29.9 Å². The third kappa shape index (κ3) is 5.35. The Labute approximate surface area is 175 Å². The van der Waals surface area contributed by atoms with E-state index < -0.39 is 0 Å². The molecule has 1 saturated heterocycles. The molecule has 0 aromatic heterocycles. The number of halogens is 1. The summed E-state index contributed by atoms with van der Waals surface area (Å²) in [5.41, 5.74) is 1.46. The Morgan fingerprint density at radius 2 is 2.00 bits per heavy atom. The molecular formula is C21H34IN3O. The van der Waals surface area contributed by atoms with Crippen LogP contribution < -0.4 is 5.32 Å².